The molecule has 18 heavy (non-hydrogen) atoms. The van der Waals surface area contributed by atoms with Gasteiger partial charge in [0.25, 0.3) is 0 Å². The lowest BCUT2D eigenvalue weighted by Gasteiger charge is -2.20. The lowest BCUT2D eigenvalue weighted by molar-refractivity contribution is -0.142. The zero-order valence-corrected chi connectivity index (χ0v) is 10.6. The number of hydrogen-bond acceptors (Lipinski definition) is 3. The first-order valence-electron chi connectivity index (χ1n) is 6.22. The van der Waals surface area contributed by atoms with Crippen LogP contribution in [0, 0.1) is 0 Å². The molecule has 0 aliphatic carbocycles. The van der Waals surface area contributed by atoms with Gasteiger partial charge in [0.2, 0.25) is 11.8 Å². The number of likely N-dealkylation sites (tertiary alicyclic amines) is 1. The van der Waals surface area contributed by atoms with Crippen molar-refractivity contribution in [2.75, 3.05) is 20.1 Å². The van der Waals surface area contributed by atoms with Gasteiger partial charge in [0.15, 0.2) is 0 Å². The van der Waals surface area contributed by atoms with Crippen molar-refractivity contribution in [2.45, 2.75) is 19.4 Å². The molecule has 96 valence electrons. The van der Waals surface area contributed by atoms with Gasteiger partial charge in [-0.3, -0.25) is 19.4 Å². The maximum atomic E-state index is 11.9. The van der Waals surface area contributed by atoms with Crippen LogP contribution in [0.1, 0.15) is 18.4 Å². The van der Waals surface area contributed by atoms with Crippen LogP contribution in [0.4, 0.5) is 0 Å². The van der Waals surface area contributed by atoms with Gasteiger partial charge in [-0.05, 0) is 19.0 Å². The van der Waals surface area contributed by atoms with Crippen molar-refractivity contribution >= 4 is 11.8 Å². The number of likely N-dealkylation sites (N-methyl/N-ethyl adjacent to an activating group) is 1. The Labute approximate surface area is 107 Å². The van der Waals surface area contributed by atoms with Crippen LogP contribution in [0.25, 0.3) is 0 Å². The average molecular weight is 246 g/mol. The topological polar surface area (TPSA) is 40.6 Å². The zero-order chi connectivity index (χ0) is 13.0. The molecule has 0 atom stereocenters. The van der Waals surface area contributed by atoms with E-state index in [1.54, 1.807) is 0 Å². The minimum Gasteiger partial charge on any atom is -0.293 e. The number of hydrogen-bond donors (Lipinski definition) is 0. The first-order chi connectivity index (χ1) is 8.66. The Hall–Kier alpha value is -1.68. The van der Waals surface area contributed by atoms with Crippen LogP contribution in [0.5, 0.6) is 0 Å². The van der Waals surface area contributed by atoms with Crippen LogP contribution < -0.4 is 0 Å². The second-order valence-electron chi connectivity index (χ2n) is 4.70. The molecule has 1 fully saturated rings. The molecule has 0 saturated carbocycles. The number of benzene rings is 1. The van der Waals surface area contributed by atoms with Crippen LogP contribution in [-0.2, 0) is 16.1 Å². The van der Waals surface area contributed by atoms with E-state index in [1.165, 1.54) is 10.5 Å². The minimum absolute atomic E-state index is 0.0342. The van der Waals surface area contributed by atoms with Gasteiger partial charge in [-0.1, -0.05) is 30.3 Å². The highest BCUT2D eigenvalue weighted by Crippen LogP contribution is 2.10. The fraction of sp³-hybridized carbons (Fsp3) is 0.429. The van der Waals surface area contributed by atoms with Gasteiger partial charge in [-0.15, -0.1) is 0 Å². The molecule has 0 unspecified atom stereocenters. The Balaban J connectivity index is 1.86. The molecule has 1 aromatic carbocycles. The summed E-state index contributed by atoms with van der Waals surface area (Å²) in [4.78, 5) is 26.7. The second kappa shape index (κ2) is 5.78. The first-order valence-corrected chi connectivity index (χ1v) is 6.22. The minimum atomic E-state index is -0.0871. The molecule has 0 radical (unpaired) electrons. The standard InChI is InChI=1S/C14H18N2O2/c1-15(10-12-6-3-2-4-7-12)11-14(18)16-9-5-8-13(16)17/h2-4,6-7H,5,8-11H2,1H3. The van der Waals surface area contributed by atoms with Crippen LogP contribution >= 0.6 is 0 Å². The van der Waals surface area contributed by atoms with E-state index in [9.17, 15) is 9.59 Å². The number of carbonyl (C=O) groups is 2. The summed E-state index contributed by atoms with van der Waals surface area (Å²) in [7, 11) is 1.89. The molecular weight excluding hydrogens is 228 g/mol. The summed E-state index contributed by atoms with van der Waals surface area (Å²) < 4.78 is 0. The van der Waals surface area contributed by atoms with E-state index < -0.39 is 0 Å². The first kappa shape index (κ1) is 12.8. The van der Waals surface area contributed by atoms with Gasteiger partial charge < -0.3 is 0 Å². The molecule has 2 rings (SSSR count). The van der Waals surface area contributed by atoms with Crippen molar-refractivity contribution < 1.29 is 9.59 Å². The second-order valence-corrected chi connectivity index (χ2v) is 4.70. The third-order valence-electron chi connectivity index (χ3n) is 3.07. The molecule has 4 heteroatoms. The predicted octanol–water partition coefficient (Wildman–Crippen LogP) is 1.27. The summed E-state index contributed by atoms with van der Waals surface area (Å²) >= 11 is 0. The van der Waals surface area contributed by atoms with Crippen molar-refractivity contribution in [3.8, 4) is 0 Å². The van der Waals surface area contributed by atoms with Crippen LogP contribution in [0.15, 0.2) is 30.3 Å². The van der Waals surface area contributed by atoms with Crippen molar-refractivity contribution in [1.29, 1.82) is 0 Å². The predicted molar refractivity (Wildman–Crippen MR) is 68.7 cm³/mol. The van der Waals surface area contributed by atoms with Crippen LogP contribution in [0.3, 0.4) is 0 Å². The summed E-state index contributed by atoms with van der Waals surface area (Å²) in [6.07, 6.45) is 1.31. The summed E-state index contributed by atoms with van der Waals surface area (Å²) in [5, 5.41) is 0. The number of amides is 2. The molecule has 0 N–H and O–H groups in total. The quantitative estimate of drug-likeness (QED) is 0.803. The normalized spacial score (nSPS) is 15.4. The molecule has 1 aliphatic rings. The fourth-order valence-corrected chi connectivity index (χ4v) is 2.18. The van der Waals surface area contributed by atoms with E-state index in [1.807, 2.05) is 42.3 Å². The highest BCUT2D eigenvalue weighted by molar-refractivity contribution is 5.97. The maximum absolute atomic E-state index is 11.9. The van der Waals surface area contributed by atoms with E-state index in [2.05, 4.69) is 0 Å². The largest absolute Gasteiger partial charge is 0.293 e. The van der Waals surface area contributed by atoms with Gasteiger partial charge in [0, 0.05) is 19.5 Å². The van der Waals surface area contributed by atoms with Gasteiger partial charge in [-0.25, -0.2) is 0 Å². The van der Waals surface area contributed by atoms with Gasteiger partial charge in [0.05, 0.1) is 6.54 Å². The van der Waals surface area contributed by atoms with Crippen molar-refractivity contribution in [1.82, 2.24) is 9.80 Å². The van der Waals surface area contributed by atoms with Crippen molar-refractivity contribution in [3.63, 3.8) is 0 Å². The molecule has 1 heterocycles. The third-order valence-corrected chi connectivity index (χ3v) is 3.07. The molecule has 0 aromatic heterocycles. The summed E-state index contributed by atoms with van der Waals surface area (Å²) in [6, 6.07) is 9.99. The Morgan fingerprint density at radius 3 is 2.67 bits per heavy atom. The number of nitrogens with zero attached hydrogens (tertiary/aromatic N) is 2. The van der Waals surface area contributed by atoms with E-state index in [4.69, 9.17) is 0 Å². The Morgan fingerprint density at radius 1 is 1.33 bits per heavy atom. The third kappa shape index (κ3) is 3.17. The summed E-state index contributed by atoms with van der Waals surface area (Å²) in [5.41, 5.74) is 1.17. The zero-order valence-electron chi connectivity index (χ0n) is 10.6. The Kier molecular flexibility index (Phi) is 4.10. The monoisotopic (exact) mass is 246 g/mol. The van der Waals surface area contributed by atoms with E-state index >= 15 is 0 Å². The van der Waals surface area contributed by atoms with Crippen molar-refractivity contribution in [3.05, 3.63) is 35.9 Å². The van der Waals surface area contributed by atoms with Gasteiger partial charge in [-0.2, -0.15) is 0 Å². The summed E-state index contributed by atoms with van der Waals surface area (Å²) in [6.45, 7) is 1.59. The SMILES string of the molecule is CN(CC(=O)N1CCCC1=O)Cc1ccccc1. The Morgan fingerprint density at radius 2 is 2.06 bits per heavy atom. The van der Waals surface area contributed by atoms with Crippen LogP contribution in [-0.4, -0.2) is 41.8 Å². The van der Waals surface area contributed by atoms with E-state index in [0.717, 1.165) is 6.42 Å². The van der Waals surface area contributed by atoms with Gasteiger partial charge >= 0.3 is 0 Å². The highest BCUT2D eigenvalue weighted by Gasteiger charge is 2.26. The number of imide groups is 1. The fourth-order valence-electron chi connectivity index (χ4n) is 2.18. The maximum Gasteiger partial charge on any atom is 0.243 e. The Bertz CT molecular complexity index is 431. The molecule has 1 aromatic rings. The van der Waals surface area contributed by atoms with E-state index in [0.29, 0.717) is 26.1 Å². The molecule has 2 amide bonds. The number of carbonyl (C=O) groups excluding carboxylic acids is 2. The van der Waals surface area contributed by atoms with Gasteiger partial charge in [0.1, 0.15) is 0 Å². The molecule has 1 saturated heterocycles. The number of rotatable bonds is 4. The lowest BCUT2D eigenvalue weighted by atomic mass is 10.2. The highest BCUT2D eigenvalue weighted by atomic mass is 16.2. The lowest BCUT2D eigenvalue weighted by Crippen LogP contribution is -2.39. The summed E-state index contributed by atoms with van der Waals surface area (Å²) in [5.74, 6) is -0.121. The molecule has 0 bridgehead atoms. The van der Waals surface area contributed by atoms with Crippen LogP contribution in [0.2, 0.25) is 0 Å². The van der Waals surface area contributed by atoms with E-state index in [-0.39, 0.29) is 11.8 Å². The molecule has 1 aliphatic heterocycles. The van der Waals surface area contributed by atoms with Crippen molar-refractivity contribution in [2.24, 2.45) is 0 Å². The molecule has 0 spiro atoms. The molecular formula is C14H18N2O2. The average Bonchev–Trinajstić information content (AvgIpc) is 2.76. The smallest absolute Gasteiger partial charge is 0.243 e. The molecule has 4 nitrogen and oxygen atoms in total.